The molecule has 1 aliphatic rings. The number of ether oxygens (including phenoxy) is 2. The Hall–Kier alpha value is -1.63. The second-order valence-electron chi connectivity index (χ2n) is 5.60. The van der Waals surface area contributed by atoms with Crippen molar-refractivity contribution in [2.24, 2.45) is 0 Å². The number of methoxy groups -OCH3 is 2. The summed E-state index contributed by atoms with van der Waals surface area (Å²) in [5, 5.41) is 4.42. The van der Waals surface area contributed by atoms with E-state index >= 15 is 0 Å². The number of carbonyl (C=O) groups excluding carboxylic acids is 1. The maximum Gasteiger partial charge on any atom is 0.337 e. The van der Waals surface area contributed by atoms with Crippen LogP contribution in [-0.4, -0.2) is 42.8 Å². The van der Waals surface area contributed by atoms with Crippen molar-refractivity contribution in [3.8, 4) is 0 Å². The number of esters is 1. The van der Waals surface area contributed by atoms with Crippen LogP contribution in [0.15, 0.2) is 35.5 Å². The molecule has 0 spiro atoms. The van der Waals surface area contributed by atoms with Crippen molar-refractivity contribution in [1.82, 2.24) is 10.2 Å². The average molecular weight is 369 g/mol. The third-order valence-corrected chi connectivity index (χ3v) is 4.55. The molecule has 0 radical (unpaired) electrons. The lowest BCUT2D eigenvalue weighted by Gasteiger charge is -2.40. The first-order valence-electron chi connectivity index (χ1n) is 7.53. The van der Waals surface area contributed by atoms with Gasteiger partial charge in [0, 0.05) is 17.8 Å². The second kappa shape index (κ2) is 7.96. The highest BCUT2D eigenvalue weighted by molar-refractivity contribution is 7.80. The van der Waals surface area contributed by atoms with Crippen LogP contribution in [0.25, 0.3) is 0 Å². The van der Waals surface area contributed by atoms with E-state index in [0.717, 1.165) is 11.3 Å². The number of allylic oxidation sites excluding steroid dienone is 1. The number of nitrogens with zero attached hydrogens (tertiary/aromatic N) is 1. The highest BCUT2D eigenvalue weighted by Gasteiger charge is 2.36. The average Bonchev–Trinajstić information content (AvgIpc) is 2.54. The number of benzene rings is 1. The Balaban J connectivity index is 2.51. The van der Waals surface area contributed by atoms with Crippen LogP contribution >= 0.6 is 23.8 Å². The summed E-state index contributed by atoms with van der Waals surface area (Å²) in [6.45, 7) is 4.34. The van der Waals surface area contributed by atoms with Crippen molar-refractivity contribution in [3.05, 3.63) is 46.1 Å². The molecule has 0 unspecified atom stereocenters. The zero-order chi connectivity index (χ0) is 17.9. The van der Waals surface area contributed by atoms with Gasteiger partial charge in [-0.05, 0) is 43.8 Å². The number of thiocarbonyl (C=S) groups is 1. The van der Waals surface area contributed by atoms with Gasteiger partial charge in [-0.2, -0.15) is 0 Å². The van der Waals surface area contributed by atoms with E-state index in [0.29, 0.717) is 22.3 Å². The molecule has 24 heavy (non-hydrogen) atoms. The third-order valence-electron chi connectivity index (χ3n) is 3.98. The Labute approximate surface area is 152 Å². The summed E-state index contributed by atoms with van der Waals surface area (Å²) in [5.41, 5.74) is 2.17. The molecule has 0 amide bonds. The molecule has 1 heterocycles. The van der Waals surface area contributed by atoms with Crippen LogP contribution < -0.4 is 5.32 Å². The Bertz CT molecular complexity index is 660. The summed E-state index contributed by atoms with van der Waals surface area (Å²) in [6.07, 6.45) is 0. The van der Waals surface area contributed by atoms with Gasteiger partial charge in [-0.1, -0.05) is 23.7 Å². The third kappa shape index (κ3) is 3.71. The first-order valence-corrected chi connectivity index (χ1v) is 8.32. The largest absolute Gasteiger partial charge is 0.466 e. The molecule has 2 rings (SSSR count). The number of rotatable bonds is 5. The van der Waals surface area contributed by atoms with Crippen LogP contribution in [0, 0.1) is 0 Å². The molecule has 1 aromatic rings. The minimum Gasteiger partial charge on any atom is -0.466 e. The lowest BCUT2D eigenvalue weighted by Crippen LogP contribution is -2.52. The van der Waals surface area contributed by atoms with E-state index in [2.05, 4.69) is 5.32 Å². The quantitative estimate of drug-likeness (QED) is 0.636. The van der Waals surface area contributed by atoms with E-state index in [1.807, 2.05) is 30.9 Å². The molecular formula is C17H21ClN2O3S. The van der Waals surface area contributed by atoms with Crippen LogP contribution in [0.3, 0.4) is 0 Å². The van der Waals surface area contributed by atoms with Crippen LogP contribution in [0.5, 0.6) is 0 Å². The first kappa shape index (κ1) is 18.7. The molecule has 0 aromatic heterocycles. The Kier molecular flexibility index (Phi) is 6.21. The molecule has 1 aliphatic heterocycles. The molecule has 1 N–H and O–H groups in total. The molecule has 0 saturated carbocycles. The molecule has 2 atom stereocenters. The summed E-state index contributed by atoms with van der Waals surface area (Å²) in [4.78, 5) is 14.3. The van der Waals surface area contributed by atoms with Gasteiger partial charge in [-0.15, -0.1) is 0 Å². The van der Waals surface area contributed by atoms with Gasteiger partial charge in [-0.25, -0.2) is 4.79 Å². The summed E-state index contributed by atoms with van der Waals surface area (Å²) < 4.78 is 10.2. The number of hydrogen-bond acceptors (Lipinski definition) is 4. The molecule has 5 nitrogen and oxygen atoms in total. The second-order valence-corrected chi connectivity index (χ2v) is 6.42. The van der Waals surface area contributed by atoms with Crippen molar-refractivity contribution in [2.75, 3.05) is 20.8 Å². The fraction of sp³-hybridized carbons (Fsp3) is 0.412. The Morgan fingerprint density at radius 1 is 1.38 bits per heavy atom. The normalized spacial score (nSPS) is 19.1. The van der Waals surface area contributed by atoms with Crippen molar-refractivity contribution in [1.29, 1.82) is 0 Å². The fourth-order valence-corrected chi connectivity index (χ4v) is 3.44. The maximum absolute atomic E-state index is 12.4. The number of nitrogens with one attached hydrogen (secondary N) is 1. The SMILES string of the molecule is COC[C@@H](C)N1C(=S)N[C@H](c2ccc(Cl)cc2)C(C(=O)OC)=C1C. The lowest BCUT2D eigenvalue weighted by molar-refractivity contribution is -0.136. The van der Waals surface area contributed by atoms with Crippen LogP contribution in [0.4, 0.5) is 0 Å². The molecule has 0 bridgehead atoms. The minimum atomic E-state index is -0.392. The number of halogens is 1. The fourth-order valence-electron chi connectivity index (χ4n) is 2.88. The number of hydrogen-bond donors (Lipinski definition) is 1. The maximum atomic E-state index is 12.4. The van der Waals surface area contributed by atoms with Crippen LogP contribution in [0.1, 0.15) is 25.5 Å². The lowest BCUT2D eigenvalue weighted by atomic mass is 9.94. The standard InChI is InChI=1S/C17H21ClN2O3S/c1-10(9-22-3)20-11(2)14(16(21)23-4)15(19-17(20)24)12-5-7-13(18)8-6-12/h5-8,10,15H,9H2,1-4H3,(H,19,24)/t10-,15-/m1/s1. The molecule has 7 heteroatoms. The molecule has 0 saturated heterocycles. The molecule has 1 aromatic carbocycles. The smallest absolute Gasteiger partial charge is 0.337 e. The van der Waals surface area contributed by atoms with Crippen LogP contribution in [-0.2, 0) is 14.3 Å². The van der Waals surface area contributed by atoms with E-state index in [9.17, 15) is 4.79 Å². The number of carbonyl (C=O) groups is 1. The molecule has 130 valence electrons. The minimum absolute atomic E-state index is 0.0131. The van der Waals surface area contributed by atoms with E-state index in [1.54, 1.807) is 19.2 Å². The van der Waals surface area contributed by atoms with Gasteiger partial charge in [0.2, 0.25) is 0 Å². The highest BCUT2D eigenvalue weighted by atomic mass is 35.5. The predicted octanol–water partition coefficient (Wildman–Crippen LogP) is 3.05. The van der Waals surface area contributed by atoms with Gasteiger partial charge in [-0.3, -0.25) is 0 Å². The zero-order valence-corrected chi connectivity index (χ0v) is 15.7. The van der Waals surface area contributed by atoms with E-state index in [4.69, 9.17) is 33.3 Å². The zero-order valence-electron chi connectivity index (χ0n) is 14.1. The van der Waals surface area contributed by atoms with E-state index in [1.165, 1.54) is 7.11 Å². The van der Waals surface area contributed by atoms with Crippen LogP contribution in [0.2, 0.25) is 5.02 Å². The van der Waals surface area contributed by atoms with Crippen molar-refractivity contribution >= 4 is 34.9 Å². The molecule has 0 aliphatic carbocycles. The monoisotopic (exact) mass is 368 g/mol. The van der Waals surface area contributed by atoms with E-state index in [-0.39, 0.29) is 12.1 Å². The van der Waals surface area contributed by atoms with Gasteiger partial charge in [0.25, 0.3) is 0 Å². The Morgan fingerprint density at radius 3 is 2.54 bits per heavy atom. The van der Waals surface area contributed by atoms with E-state index < -0.39 is 5.97 Å². The molecule has 0 fully saturated rings. The van der Waals surface area contributed by atoms with Gasteiger partial charge >= 0.3 is 5.97 Å². The van der Waals surface area contributed by atoms with Gasteiger partial charge in [0.05, 0.1) is 31.4 Å². The van der Waals surface area contributed by atoms with Gasteiger partial charge in [0.1, 0.15) is 0 Å². The topological polar surface area (TPSA) is 50.8 Å². The summed E-state index contributed by atoms with van der Waals surface area (Å²) in [6, 6.07) is 6.91. The Morgan fingerprint density at radius 2 is 2.00 bits per heavy atom. The summed E-state index contributed by atoms with van der Waals surface area (Å²) >= 11 is 11.5. The summed E-state index contributed by atoms with van der Waals surface area (Å²) in [5.74, 6) is -0.392. The van der Waals surface area contributed by atoms with Gasteiger partial charge < -0.3 is 19.7 Å². The predicted molar refractivity (Wildman–Crippen MR) is 97.8 cm³/mol. The van der Waals surface area contributed by atoms with Crippen molar-refractivity contribution in [2.45, 2.75) is 25.9 Å². The van der Waals surface area contributed by atoms with Gasteiger partial charge in [0.15, 0.2) is 5.11 Å². The highest BCUT2D eigenvalue weighted by Crippen LogP contribution is 2.32. The van der Waals surface area contributed by atoms with Crippen molar-refractivity contribution < 1.29 is 14.3 Å². The summed E-state index contributed by atoms with van der Waals surface area (Å²) in [7, 11) is 3.01. The first-order chi connectivity index (χ1) is 11.4. The van der Waals surface area contributed by atoms with Crippen molar-refractivity contribution in [3.63, 3.8) is 0 Å². The molecular weight excluding hydrogens is 348 g/mol.